The van der Waals surface area contributed by atoms with Crippen LogP contribution >= 0.6 is 0 Å². The molecule has 0 amide bonds. The Bertz CT molecular complexity index is 741. The molecule has 0 aliphatic carbocycles. The third-order valence-corrected chi connectivity index (χ3v) is 5.65. The van der Waals surface area contributed by atoms with E-state index in [9.17, 15) is 18.5 Å². The molecule has 23 heavy (non-hydrogen) atoms. The zero-order chi connectivity index (χ0) is 16.8. The van der Waals surface area contributed by atoms with E-state index in [4.69, 9.17) is 5.14 Å². The van der Waals surface area contributed by atoms with Crippen molar-refractivity contribution in [2.45, 2.75) is 30.7 Å². The summed E-state index contributed by atoms with van der Waals surface area (Å²) in [4.78, 5) is 14.7. The van der Waals surface area contributed by atoms with Gasteiger partial charge in [-0.1, -0.05) is 0 Å². The summed E-state index contributed by atoms with van der Waals surface area (Å²) in [6, 6.07) is 3.39. The minimum atomic E-state index is -4.16. The normalized spacial score (nSPS) is 24.5. The lowest BCUT2D eigenvalue weighted by Gasteiger charge is -2.33. The van der Waals surface area contributed by atoms with E-state index in [-0.39, 0.29) is 0 Å². The number of nitro benzene ring substituents is 1. The second-order valence-electron chi connectivity index (χ2n) is 6.18. The lowest BCUT2D eigenvalue weighted by atomic mass is 10.0. The quantitative estimate of drug-likeness (QED) is 0.645. The van der Waals surface area contributed by atoms with Crippen LogP contribution in [0, 0.1) is 17.0 Å². The van der Waals surface area contributed by atoms with Gasteiger partial charge in [-0.25, -0.2) is 13.6 Å². The summed E-state index contributed by atoms with van der Waals surface area (Å²) < 4.78 is 23.6. The van der Waals surface area contributed by atoms with Gasteiger partial charge in [0.05, 0.1) is 4.92 Å². The summed E-state index contributed by atoms with van der Waals surface area (Å²) in [5.74, 6) is 0. The van der Waals surface area contributed by atoms with Crippen molar-refractivity contribution in [1.82, 2.24) is 4.90 Å². The largest absolute Gasteiger partial charge is 0.367 e. The van der Waals surface area contributed by atoms with E-state index in [1.807, 2.05) is 0 Å². The Hall–Kier alpha value is -1.71. The van der Waals surface area contributed by atoms with Gasteiger partial charge in [0.15, 0.2) is 4.90 Å². The highest BCUT2D eigenvalue weighted by Crippen LogP contribution is 2.34. The highest BCUT2D eigenvalue weighted by atomic mass is 32.2. The molecule has 0 aromatic heterocycles. The van der Waals surface area contributed by atoms with Gasteiger partial charge in [-0.2, -0.15) is 0 Å². The SMILES string of the molecule is Cc1cc(N2CCN3CCC2CC3)cc(S(N)(=O)=O)c1[N+](=O)[O-]. The van der Waals surface area contributed by atoms with Crippen LogP contribution in [0.1, 0.15) is 18.4 Å². The lowest BCUT2D eigenvalue weighted by molar-refractivity contribution is -0.388. The van der Waals surface area contributed by atoms with Crippen molar-refractivity contribution in [2.24, 2.45) is 5.14 Å². The third-order valence-electron chi connectivity index (χ3n) is 4.73. The number of sulfonamides is 1. The van der Waals surface area contributed by atoms with Crippen LogP contribution in [0.5, 0.6) is 0 Å². The summed E-state index contributed by atoms with van der Waals surface area (Å²) >= 11 is 0. The first kappa shape index (κ1) is 16.2. The van der Waals surface area contributed by atoms with Crippen LogP contribution in [0.25, 0.3) is 0 Å². The van der Waals surface area contributed by atoms with Crippen molar-refractivity contribution in [3.05, 3.63) is 27.8 Å². The van der Waals surface area contributed by atoms with E-state index in [0.717, 1.165) is 39.0 Å². The minimum Gasteiger partial charge on any atom is -0.367 e. The number of nitrogens with two attached hydrogens (primary N) is 1. The zero-order valence-corrected chi connectivity index (χ0v) is 13.8. The molecule has 2 bridgehead atoms. The second-order valence-corrected chi connectivity index (χ2v) is 7.71. The molecule has 0 unspecified atom stereocenters. The molecule has 4 rings (SSSR count). The molecule has 3 heterocycles. The third kappa shape index (κ3) is 3.04. The fourth-order valence-corrected chi connectivity index (χ4v) is 4.36. The molecule has 0 spiro atoms. The number of aryl methyl sites for hydroxylation is 1. The molecule has 3 fully saturated rings. The molecular formula is C14H20N4O4S. The number of fused-ring (bicyclic) bond motifs is 4. The average Bonchev–Trinajstić information content (AvgIpc) is 2.78. The maximum Gasteiger partial charge on any atom is 0.292 e. The Morgan fingerprint density at radius 1 is 1.22 bits per heavy atom. The highest BCUT2D eigenvalue weighted by Gasteiger charge is 2.32. The summed E-state index contributed by atoms with van der Waals surface area (Å²) in [6.07, 6.45) is 2.03. The number of nitrogens with zero attached hydrogens (tertiary/aromatic N) is 3. The molecule has 1 aromatic rings. The second kappa shape index (κ2) is 5.73. The molecule has 1 aromatic carbocycles. The monoisotopic (exact) mass is 340 g/mol. The van der Waals surface area contributed by atoms with Gasteiger partial charge in [-0.15, -0.1) is 0 Å². The number of hydrogen-bond acceptors (Lipinski definition) is 6. The van der Waals surface area contributed by atoms with Crippen molar-refractivity contribution in [2.75, 3.05) is 31.1 Å². The van der Waals surface area contributed by atoms with Crippen molar-refractivity contribution >= 4 is 21.4 Å². The first-order chi connectivity index (χ1) is 10.8. The first-order valence-electron chi connectivity index (χ1n) is 7.58. The molecule has 3 saturated heterocycles. The van der Waals surface area contributed by atoms with Crippen molar-refractivity contribution in [3.8, 4) is 0 Å². The van der Waals surface area contributed by atoms with Crippen LogP contribution in [0.2, 0.25) is 0 Å². The number of piperidine rings is 1. The first-order valence-corrected chi connectivity index (χ1v) is 9.13. The van der Waals surface area contributed by atoms with Gasteiger partial charge in [0.25, 0.3) is 5.69 Å². The summed E-state index contributed by atoms with van der Waals surface area (Å²) in [5, 5.41) is 16.4. The topological polar surface area (TPSA) is 110 Å². The van der Waals surface area contributed by atoms with Gasteiger partial charge < -0.3 is 9.80 Å². The van der Waals surface area contributed by atoms with Crippen molar-refractivity contribution in [3.63, 3.8) is 0 Å². The van der Waals surface area contributed by atoms with Crippen LogP contribution in [0.4, 0.5) is 11.4 Å². The molecule has 9 heteroatoms. The number of anilines is 1. The van der Waals surface area contributed by atoms with Gasteiger partial charge in [-0.05, 0) is 31.9 Å². The van der Waals surface area contributed by atoms with Crippen LogP contribution in [0.15, 0.2) is 17.0 Å². The summed E-state index contributed by atoms with van der Waals surface area (Å²) in [5.41, 5.74) is 0.584. The number of primary sulfonamides is 1. The van der Waals surface area contributed by atoms with Gasteiger partial charge >= 0.3 is 0 Å². The van der Waals surface area contributed by atoms with E-state index < -0.39 is 25.5 Å². The predicted octanol–water partition coefficient (Wildman–Crippen LogP) is 0.835. The fraction of sp³-hybridized carbons (Fsp3) is 0.571. The van der Waals surface area contributed by atoms with Gasteiger partial charge in [0.2, 0.25) is 10.0 Å². The lowest BCUT2D eigenvalue weighted by Crippen LogP contribution is -2.38. The van der Waals surface area contributed by atoms with Crippen LogP contribution < -0.4 is 10.0 Å². The number of hydrogen-bond donors (Lipinski definition) is 1. The Labute approximate surface area is 135 Å². The molecule has 0 saturated carbocycles. The summed E-state index contributed by atoms with van der Waals surface area (Å²) in [6.45, 7) is 5.32. The van der Waals surface area contributed by atoms with Crippen LogP contribution in [-0.4, -0.2) is 50.5 Å². The van der Waals surface area contributed by atoms with E-state index in [1.165, 1.54) is 6.07 Å². The van der Waals surface area contributed by atoms with E-state index in [1.54, 1.807) is 13.0 Å². The maximum absolute atomic E-state index is 11.8. The van der Waals surface area contributed by atoms with E-state index >= 15 is 0 Å². The highest BCUT2D eigenvalue weighted by molar-refractivity contribution is 7.89. The maximum atomic E-state index is 11.8. The van der Waals surface area contributed by atoms with Gasteiger partial charge in [-0.3, -0.25) is 10.1 Å². The fourth-order valence-electron chi connectivity index (χ4n) is 3.57. The van der Waals surface area contributed by atoms with Crippen molar-refractivity contribution < 1.29 is 13.3 Å². The van der Waals surface area contributed by atoms with Gasteiger partial charge in [0.1, 0.15) is 0 Å². The smallest absolute Gasteiger partial charge is 0.292 e. The molecule has 3 aliphatic rings. The summed E-state index contributed by atoms with van der Waals surface area (Å²) in [7, 11) is -4.16. The zero-order valence-electron chi connectivity index (χ0n) is 12.9. The molecule has 3 aliphatic heterocycles. The molecule has 8 nitrogen and oxygen atoms in total. The van der Waals surface area contributed by atoms with Crippen molar-refractivity contribution in [1.29, 1.82) is 0 Å². The van der Waals surface area contributed by atoms with Gasteiger partial charge in [0, 0.05) is 43.5 Å². The Balaban J connectivity index is 2.10. The molecule has 126 valence electrons. The molecule has 0 atom stereocenters. The Kier molecular flexibility index (Phi) is 4.03. The number of benzene rings is 1. The van der Waals surface area contributed by atoms with E-state index in [0.29, 0.717) is 17.3 Å². The number of rotatable bonds is 3. The molecular weight excluding hydrogens is 320 g/mol. The average molecular weight is 340 g/mol. The molecule has 0 radical (unpaired) electrons. The minimum absolute atomic E-state index is 0.315. The van der Waals surface area contributed by atoms with Crippen LogP contribution in [-0.2, 0) is 10.0 Å². The standard InChI is InChI=1S/C14H20N4O4S/c1-10-8-12(9-13(23(15,21)22)14(10)18(19)20)17-7-6-16-4-2-11(17)3-5-16/h8-9,11H,2-7H2,1H3,(H2,15,21,22). The Morgan fingerprint density at radius 2 is 1.87 bits per heavy atom. The molecule has 2 N–H and O–H groups in total. The van der Waals surface area contributed by atoms with Crippen LogP contribution in [0.3, 0.4) is 0 Å². The number of nitro groups is 1. The Morgan fingerprint density at radius 3 is 2.43 bits per heavy atom. The van der Waals surface area contributed by atoms with E-state index in [2.05, 4.69) is 9.80 Å². The predicted molar refractivity (Wildman–Crippen MR) is 86.0 cm³/mol.